The Hall–Kier alpha value is 0.360. The second-order valence-corrected chi connectivity index (χ2v) is 6.15. The molecule has 0 atom stereocenters. The molecule has 2 aromatic rings. The largest absolute Gasteiger partial charge is 0.143 e. The number of alkyl halides is 1. The third-order valence-corrected chi connectivity index (χ3v) is 5.22. The summed E-state index contributed by atoms with van der Waals surface area (Å²) < 4.78 is 2.71. The van der Waals surface area contributed by atoms with Crippen LogP contribution in [0.1, 0.15) is 5.56 Å². The molecule has 14 heavy (non-hydrogen) atoms. The maximum atomic E-state index is 4.46. The highest BCUT2D eigenvalue weighted by Gasteiger charge is 2.04. The van der Waals surface area contributed by atoms with Crippen LogP contribution in [0.4, 0.5) is 0 Å². The lowest BCUT2D eigenvalue weighted by Crippen LogP contribution is -1.78. The number of hydrogen-bond donors (Lipinski definition) is 1. The van der Waals surface area contributed by atoms with Crippen molar-refractivity contribution in [3.05, 3.63) is 23.8 Å². The van der Waals surface area contributed by atoms with Gasteiger partial charge in [-0.15, -0.1) is 35.7 Å². The van der Waals surface area contributed by atoms with Gasteiger partial charge in [-0.1, -0.05) is 15.9 Å². The second kappa shape index (κ2) is 4.47. The van der Waals surface area contributed by atoms with Crippen molar-refractivity contribution >= 4 is 61.7 Å². The summed E-state index contributed by atoms with van der Waals surface area (Å²) in [5.74, 6) is 0. The summed E-state index contributed by atoms with van der Waals surface area (Å²) in [7, 11) is 0. The minimum Gasteiger partial charge on any atom is -0.143 e. The quantitative estimate of drug-likeness (QED) is 0.472. The number of halogens is 1. The number of thiol groups is 1. The van der Waals surface area contributed by atoms with Gasteiger partial charge in [-0.05, 0) is 35.4 Å². The van der Waals surface area contributed by atoms with Gasteiger partial charge in [0.2, 0.25) is 0 Å². The molecule has 0 fully saturated rings. The van der Waals surface area contributed by atoms with Crippen LogP contribution < -0.4 is 0 Å². The second-order valence-electron chi connectivity index (χ2n) is 2.92. The van der Waals surface area contributed by atoms with Crippen LogP contribution in [0.15, 0.2) is 27.3 Å². The molecule has 0 nitrogen and oxygen atoms in total. The molecule has 0 unspecified atom stereocenters. The zero-order valence-electron chi connectivity index (χ0n) is 7.58. The smallest absolute Gasteiger partial charge is 0.0608 e. The van der Waals surface area contributed by atoms with Gasteiger partial charge in [-0.2, -0.15) is 0 Å². The molecule has 1 aromatic heterocycles. The van der Waals surface area contributed by atoms with Crippen LogP contribution in [0.2, 0.25) is 0 Å². The monoisotopic (exact) mass is 304 g/mol. The third kappa shape index (κ3) is 1.98. The van der Waals surface area contributed by atoms with Crippen molar-refractivity contribution in [2.45, 2.75) is 14.4 Å². The highest BCUT2D eigenvalue weighted by molar-refractivity contribution is 9.08. The first kappa shape index (κ1) is 10.9. The van der Waals surface area contributed by atoms with E-state index in [0.29, 0.717) is 0 Å². The fourth-order valence-corrected chi connectivity index (χ4v) is 3.95. The highest BCUT2D eigenvalue weighted by Crippen LogP contribution is 2.34. The average molecular weight is 305 g/mol. The van der Waals surface area contributed by atoms with Crippen molar-refractivity contribution in [2.24, 2.45) is 0 Å². The van der Waals surface area contributed by atoms with Crippen molar-refractivity contribution in [3.63, 3.8) is 0 Å². The van der Waals surface area contributed by atoms with E-state index < -0.39 is 0 Å². The predicted molar refractivity (Wildman–Crippen MR) is 73.5 cm³/mol. The van der Waals surface area contributed by atoms with E-state index in [1.54, 1.807) is 11.8 Å². The summed E-state index contributed by atoms with van der Waals surface area (Å²) in [5.41, 5.74) is 1.26. The molecule has 1 heterocycles. The van der Waals surface area contributed by atoms with Crippen LogP contribution in [0.3, 0.4) is 0 Å². The van der Waals surface area contributed by atoms with Crippen LogP contribution >= 0.6 is 51.7 Å². The van der Waals surface area contributed by atoms with Gasteiger partial charge in [-0.3, -0.25) is 0 Å². The van der Waals surface area contributed by atoms with E-state index in [9.17, 15) is 0 Å². The van der Waals surface area contributed by atoms with Gasteiger partial charge in [0.15, 0.2) is 0 Å². The van der Waals surface area contributed by atoms with Gasteiger partial charge in [0.25, 0.3) is 0 Å². The lowest BCUT2D eigenvalue weighted by molar-refractivity contribution is 1.32. The Balaban J connectivity index is 2.64. The molecule has 74 valence electrons. The summed E-state index contributed by atoms with van der Waals surface area (Å²) in [6, 6.07) is 6.59. The molecule has 0 spiro atoms. The van der Waals surface area contributed by atoms with Gasteiger partial charge in [-0.25, -0.2) is 0 Å². The van der Waals surface area contributed by atoms with Crippen molar-refractivity contribution in [1.82, 2.24) is 0 Å². The fraction of sp³-hybridized carbons (Fsp3) is 0.200. The van der Waals surface area contributed by atoms with E-state index in [4.69, 9.17) is 0 Å². The molecular weight excluding hydrogens is 296 g/mol. The number of benzene rings is 1. The van der Waals surface area contributed by atoms with E-state index in [0.717, 1.165) is 10.2 Å². The first-order chi connectivity index (χ1) is 6.74. The molecule has 0 bridgehead atoms. The molecule has 0 aliphatic heterocycles. The lowest BCUT2D eigenvalue weighted by Gasteiger charge is -2.00. The van der Waals surface area contributed by atoms with E-state index in [-0.39, 0.29) is 0 Å². The summed E-state index contributed by atoms with van der Waals surface area (Å²) in [4.78, 5) is 1.07. The number of rotatable bonds is 2. The van der Waals surface area contributed by atoms with E-state index in [1.807, 2.05) is 11.3 Å². The van der Waals surface area contributed by atoms with Crippen molar-refractivity contribution < 1.29 is 0 Å². The van der Waals surface area contributed by atoms with Gasteiger partial charge in [0, 0.05) is 14.9 Å². The Morgan fingerprint density at radius 2 is 2.21 bits per heavy atom. The predicted octanol–water partition coefficient (Wildman–Crippen LogP) is 4.81. The van der Waals surface area contributed by atoms with Gasteiger partial charge < -0.3 is 0 Å². The Kier molecular flexibility index (Phi) is 3.47. The summed E-state index contributed by atoms with van der Waals surface area (Å²) in [6.45, 7) is 0. The maximum absolute atomic E-state index is 4.46. The molecule has 0 radical (unpaired) electrons. The molecule has 0 saturated heterocycles. The molecule has 0 saturated carbocycles. The number of hydrogen-bond acceptors (Lipinski definition) is 3. The van der Waals surface area contributed by atoms with Crippen LogP contribution in [-0.4, -0.2) is 6.26 Å². The normalized spacial score (nSPS) is 11.1. The first-order valence-electron chi connectivity index (χ1n) is 4.10. The van der Waals surface area contributed by atoms with Crippen LogP contribution in [0.25, 0.3) is 10.1 Å². The number of thioether (sulfide) groups is 1. The fourth-order valence-electron chi connectivity index (χ4n) is 1.30. The highest BCUT2D eigenvalue weighted by atomic mass is 79.9. The minimum absolute atomic E-state index is 0.869. The maximum Gasteiger partial charge on any atom is 0.0608 e. The Morgan fingerprint density at radius 1 is 1.43 bits per heavy atom. The van der Waals surface area contributed by atoms with Crippen molar-refractivity contribution in [3.8, 4) is 0 Å². The van der Waals surface area contributed by atoms with Crippen LogP contribution in [-0.2, 0) is 5.33 Å². The van der Waals surface area contributed by atoms with Gasteiger partial charge in [0.1, 0.15) is 0 Å². The van der Waals surface area contributed by atoms with Crippen molar-refractivity contribution in [1.29, 1.82) is 0 Å². The van der Waals surface area contributed by atoms with E-state index in [2.05, 4.69) is 53.0 Å². The zero-order chi connectivity index (χ0) is 10.1. The Bertz CT molecular complexity index is 462. The molecule has 0 amide bonds. The Labute approximate surface area is 106 Å². The summed E-state index contributed by atoms with van der Waals surface area (Å²) in [6.07, 6.45) is 2.11. The lowest BCUT2D eigenvalue weighted by atomic mass is 10.2. The molecular formula is C10H9BrS3. The number of fused-ring (bicyclic) bond motifs is 1. The third-order valence-electron chi connectivity index (χ3n) is 2.04. The molecule has 1 aromatic carbocycles. The van der Waals surface area contributed by atoms with Crippen LogP contribution in [0.5, 0.6) is 0 Å². The SMILES string of the molecule is CSc1cc2cc(S)c(CBr)cc2s1. The van der Waals surface area contributed by atoms with Crippen LogP contribution in [0, 0.1) is 0 Å². The van der Waals surface area contributed by atoms with Gasteiger partial charge >= 0.3 is 0 Å². The summed E-state index contributed by atoms with van der Waals surface area (Å²) in [5, 5.41) is 2.17. The molecule has 0 aliphatic carbocycles. The number of thiophene rings is 1. The Morgan fingerprint density at radius 3 is 2.86 bits per heavy atom. The average Bonchev–Trinajstić information content (AvgIpc) is 2.58. The molecule has 2 rings (SSSR count). The van der Waals surface area contributed by atoms with E-state index in [1.165, 1.54) is 19.9 Å². The molecule has 0 aliphatic rings. The standard InChI is InChI=1S/C10H9BrS3/c1-13-10-4-6-2-8(12)7(5-11)3-9(6)14-10/h2-4,12H,5H2,1H3. The summed E-state index contributed by atoms with van der Waals surface area (Å²) >= 11 is 11.6. The first-order valence-corrected chi connectivity index (χ1v) is 7.71. The minimum atomic E-state index is 0.869. The van der Waals surface area contributed by atoms with Crippen molar-refractivity contribution in [2.75, 3.05) is 6.26 Å². The zero-order valence-corrected chi connectivity index (χ0v) is 11.7. The van der Waals surface area contributed by atoms with E-state index >= 15 is 0 Å². The van der Waals surface area contributed by atoms with Gasteiger partial charge in [0.05, 0.1) is 4.21 Å². The molecule has 4 heteroatoms. The molecule has 0 N–H and O–H groups in total. The topological polar surface area (TPSA) is 0 Å².